The second-order valence-electron chi connectivity index (χ2n) is 4.89. The maximum absolute atomic E-state index is 11.7. The number of nitrogens with one attached hydrogen (secondary N) is 1. The molecule has 0 aliphatic carbocycles. The molecule has 6 nitrogen and oxygen atoms in total. The van der Waals surface area contributed by atoms with Gasteiger partial charge in [-0.2, -0.15) is 0 Å². The molecular weight excluding hydrogens is 290 g/mol. The van der Waals surface area contributed by atoms with Gasteiger partial charge in [-0.05, 0) is 26.0 Å². The molecule has 0 saturated heterocycles. The lowest BCUT2D eigenvalue weighted by Gasteiger charge is -2.12. The molecule has 7 heteroatoms. The number of hydrogen-bond acceptors (Lipinski definition) is 4. The zero-order valence-corrected chi connectivity index (χ0v) is 12.9. The van der Waals surface area contributed by atoms with E-state index in [1.165, 1.54) is 0 Å². The van der Waals surface area contributed by atoms with Crippen molar-refractivity contribution < 1.29 is 4.79 Å². The van der Waals surface area contributed by atoms with Gasteiger partial charge in [0.25, 0.3) is 0 Å². The van der Waals surface area contributed by atoms with Crippen LogP contribution in [0.3, 0.4) is 0 Å². The highest BCUT2D eigenvalue weighted by molar-refractivity contribution is 5.85. The topological polar surface area (TPSA) is 85.8 Å². The van der Waals surface area contributed by atoms with Crippen molar-refractivity contribution in [1.29, 1.82) is 0 Å². The van der Waals surface area contributed by atoms with Crippen molar-refractivity contribution in [3.63, 3.8) is 0 Å². The van der Waals surface area contributed by atoms with E-state index in [-0.39, 0.29) is 30.4 Å². The van der Waals surface area contributed by atoms with Crippen LogP contribution < -0.4 is 11.1 Å². The second kappa shape index (κ2) is 7.75. The largest absolute Gasteiger partial charge is 0.348 e. The van der Waals surface area contributed by atoms with Crippen LogP contribution in [0.1, 0.15) is 32.0 Å². The number of halogens is 1. The SMILES string of the molecule is CC(N)CC(=O)NC(C)c1cn(-c2ccccc2)nn1.Cl. The average Bonchev–Trinajstić information content (AvgIpc) is 2.88. The Hall–Kier alpha value is -1.92. The summed E-state index contributed by atoms with van der Waals surface area (Å²) in [4.78, 5) is 11.7. The molecule has 21 heavy (non-hydrogen) atoms. The summed E-state index contributed by atoms with van der Waals surface area (Å²) in [6.07, 6.45) is 2.11. The van der Waals surface area contributed by atoms with Crippen LogP contribution in [-0.2, 0) is 4.79 Å². The van der Waals surface area contributed by atoms with Crippen LogP contribution in [0, 0.1) is 0 Å². The fourth-order valence-electron chi connectivity index (χ4n) is 1.85. The number of carbonyl (C=O) groups excluding carboxylic acids is 1. The Morgan fingerprint density at radius 2 is 2.00 bits per heavy atom. The van der Waals surface area contributed by atoms with E-state index in [0.29, 0.717) is 12.1 Å². The molecule has 2 rings (SSSR count). The molecule has 114 valence electrons. The summed E-state index contributed by atoms with van der Waals surface area (Å²) >= 11 is 0. The molecule has 2 aromatic rings. The standard InChI is InChI=1S/C14H19N5O.ClH/c1-10(15)8-14(20)16-11(2)13-9-19(18-17-13)12-6-4-3-5-7-12;/h3-7,9-11H,8,15H2,1-2H3,(H,16,20);1H. The van der Waals surface area contributed by atoms with Gasteiger partial charge in [0.1, 0.15) is 5.69 Å². The summed E-state index contributed by atoms with van der Waals surface area (Å²) in [5, 5.41) is 11.0. The lowest BCUT2D eigenvalue weighted by molar-refractivity contribution is -0.122. The molecule has 1 aromatic carbocycles. The lowest BCUT2D eigenvalue weighted by atomic mass is 10.2. The van der Waals surface area contributed by atoms with Crippen molar-refractivity contribution in [2.45, 2.75) is 32.4 Å². The first-order chi connectivity index (χ1) is 9.56. The Bertz CT molecular complexity index is 570. The third kappa shape index (κ3) is 4.84. The lowest BCUT2D eigenvalue weighted by Crippen LogP contribution is -2.31. The zero-order chi connectivity index (χ0) is 14.5. The third-order valence-corrected chi connectivity index (χ3v) is 2.86. The molecule has 0 radical (unpaired) electrons. The summed E-state index contributed by atoms with van der Waals surface area (Å²) in [5.41, 5.74) is 7.24. The molecule has 1 aromatic heterocycles. The van der Waals surface area contributed by atoms with Gasteiger partial charge in [0, 0.05) is 12.5 Å². The van der Waals surface area contributed by atoms with E-state index in [2.05, 4.69) is 15.6 Å². The Morgan fingerprint density at radius 1 is 1.33 bits per heavy atom. The van der Waals surface area contributed by atoms with E-state index in [1.54, 1.807) is 11.6 Å². The first kappa shape index (κ1) is 17.1. The molecule has 0 spiro atoms. The Kier molecular flexibility index (Phi) is 6.33. The highest BCUT2D eigenvalue weighted by atomic mass is 35.5. The highest BCUT2D eigenvalue weighted by Gasteiger charge is 2.14. The van der Waals surface area contributed by atoms with Gasteiger partial charge in [0.05, 0.1) is 17.9 Å². The van der Waals surface area contributed by atoms with Crippen LogP contribution >= 0.6 is 12.4 Å². The van der Waals surface area contributed by atoms with Gasteiger partial charge in [-0.3, -0.25) is 4.79 Å². The molecule has 0 aliphatic rings. The quantitative estimate of drug-likeness (QED) is 0.878. The van der Waals surface area contributed by atoms with E-state index in [9.17, 15) is 4.79 Å². The van der Waals surface area contributed by atoms with E-state index in [0.717, 1.165) is 5.69 Å². The summed E-state index contributed by atoms with van der Waals surface area (Å²) in [7, 11) is 0. The molecule has 0 fully saturated rings. The number of benzene rings is 1. The number of carbonyl (C=O) groups is 1. The fourth-order valence-corrected chi connectivity index (χ4v) is 1.85. The highest BCUT2D eigenvalue weighted by Crippen LogP contribution is 2.11. The van der Waals surface area contributed by atoms with Crippen LogP contribution in [0.25, 0.3) is 5.69 Å². The zero-order valence-electron chi connectivity index (χ0n) is 12.1. The van der Waals surface area contributed by atoms with Crippen LogP contribution in [0.2, 0.25) is 0 Å². The van der Waals surface area contributed by atoms with Gasteiger partial charge >= 0.3 is 0 Å². The number of aromatic nitrogens is 3. The van der Waals surface area contributed by atoms with Crippen molar-refractivity contribution in [2.24, 2.45) is 5.73 Å². The minimum atomic E-state index is -0.196. The normalized spacial score (nSPS) is 13.1. The van der Waals surface area contributed by atoms with E-state index < -0.39 is 0 Å². The fraction of sp³-hybridized carbons (Fsp3) is 0.357. The molecule has 0 saturated carbocycles. The number of nitrogens with two attached hydrogens (primary N) is 1. The molecule has 2 unspecified atom stereocenters. The van der Waals surface area contributed by atoms with Gasteiger partial charge in [-0.15, -0.1) is 17.5 Å². The molecule has 1 heterocycles. The van der Waals surface area contributed by atoms with E-state index >= 15 is 0 Å². The van der Waals surface area contributed by atoms with E-state index in [1.807, 2.05) is 43.5 Å². The molecular formula is C14H20ClN5O. The monoisotopic (exact) mass is 309 g/mol. The number of hydrogen-bond donors (Lipinski definition) is 2. The summed E-state index contributed by atoms with van der Waals surface area (Å²) < 4.78 is 1.68. The van der Waals surface area contributed by atoms with Gasteiger partial charge in [0.2, 0.25) is 5.91 Å². The average molecular weight is 310 g/mol. The van der Waals surface area contributed by atoms with Crippen LogP contribution in [0.4, 0.5) is 0 Å². The maximum Gasteiger partial charge on any atom is 0.222 e. The molecule has 3 N–H and O–H groups in total. The van der Waals surface area contributed by atoms with Gasteiger partial charge < -0.3 is 11.1 Å². The molecule has 2 atom stereocenters. The first-order valence-corrected chi connectivity index (χ1v) is 6.59. The Balaban J connectivity index is 0.00000220. The molecule has 0 aliphatic heterocycles. The van der Waals surface area contributed by atoms with Crippen molar-refractivity contribution in [3.8, 4) is 5.69 Å². The Morgan fingerprint density at radius 3 is 2.62 bits per heavy atom. The first-order valence-electron chi connectivity index (χ1n) is 6.59. The summed E-state index contributed by atoms with van der Waals surface area (Å²) in [6.45, 7) is 3.67. The summed E-state index contributed by atoms with van der Waals surface area (Å²) in [6, 6.07) is 9.35. The van der Waals surface area contributed by atoms with Crippen LogP contribution in [-0.4, -0.2) is 26.9 Å². The third-order valence-electron chi connectivity index (χ3n) is 2.86. The predicted molar refractivity (Wildman–Crippen MR) is 83.4 cm³/mol. The van der Waals surface area contributed by atoms with Crippen molar-refractivity contribution in [2.75, 3.05) is 0 Å². The molecule has 1 amide bonds. The number of nitrogens with zero attached hydrogens (tertiary/aromatic N) is 3. The summed E-state index contributed by atoms with van der Waals surface area (Å²) in [5.74, 6) is -0.0817. The molecule has 0 bridgehead atoms. The maximum atomic E-state index is 11.7. The van der Waals surface area contributed by atoms with Crippen LogP contribution in [0.15, 0.2) is 36.5 Å². The number of para-hydroxylation sites is 1. The van der Waals surface area contributed by atoms with Gasteiger partial charge in [-0.1, -0.05) is 23.4 Å². The smallest absolute Gasteiger partial charge is 0.222 e. The minimum Gasteiger partial charge on any atom is -0.348 e. The van der Waals surface area contributed by atoms with Gasteiger partial charge in [0.15, 0.2) is 0 Å². The predicted octanol–water partition coefficient (Wildman–Crippen LogP) is 1.60. The van der Waals surface area contributed by atoms with Crippen molar-refractivity contribution in [3.05, 3.63) is 42.2 Å². The Labute approximate surface area is 130 Å². The number of rotatable bonds is 5. The van der Waals surface area contributed by atoms with Crippen molar-refractivity contribution in [1.82, 2.24) is 20.3 Å². The van der Waals surface area contributed by atoms with Gasteiger partial charge in [-0.25, -0.2) is 4.68 Å². The second-order valence-corrected chi connectivity index (χ2v) is 4.89. The van der Waals surface area contributed by atoms with E-state index in [4.69, 9.17) is 5.73 Å². The van der Waals surface area contributed by atoms with Crippen molar-refractivity contribution >= 4 is 18.3 Å². The van der Waals surface area contributed by atoms with Crippen LogP contribution in [0.5, 0.6) is 0 Å². The number of amides is 1. The minimum absolute atomic E-state index is 0.